The lowest BCUT2D eigenvalue weighted by Crippen LogP contribution is -2.24. The number of esters is 1. The highest BCUT2D eigenvalue weighted by molar-refractivity contribution is 5.69. The van der Waals surface area contributed by atoms with Crippen LogP contribution in [0, 0.1) is 5.92 Å². The molecule has 1 aliphatic carbocycles. The minimum absolute atomic E-state index is 0.117. The highest BCUT2D eigenvalue weighted by Crippen LogP contribution is 2.27. The zero-order valence-corrected chi connectivity index (χ0v) is 7.58. The molecule has 12 heavy (non-hydrogen) atoms. The lowest BCUT2D eigenvalue weighted by molar-refractivity contribution is -0.140. The minimum atomic E-state index is -0.117. The molecule has 3 heteroatoms. The Balaban J connectivity index is 2.18. The summed E-state index contributed by atoms with van der Waals surface area (Å²) >= 11 is 0. The van der Waals surface area contributed by atoms with Crippen LogP contribution in [0.5, 0.6) is 0 Å². The Labute approximate surface area is 73.3 Å². The van der Waals surface area contributed by atoms with Gasteiger partial charge in [0.2, 0.25) is 0 Å². The van der Waals surface area contributed by atoms with Crippen LogP contribution in [0.1, 0.15) is 32.1 Å². The van der Waals surface area contributed by atoms with Crippen LogP contribution >= 0.6 is 0 Å². The maximum Gasteiger partial charge on any atom is 0.305 e. The first-order valence-electron chi connectivity index (χ1n) is 4.56. The Morgan fingerprint density at radius 2 is 2.33 bits per heavy atom. The summed E-state index contributed by atoms with van der Waals surface area (Å²) in [5.41, 5.74) is 5.85. The van der Waals surface area contributed by atoms with Crippen molar-refractivity contribution >= 4 is 5.97 Å². The van der Waals surface area contributed by atoms with Gasteiger partial charge in [-0.05, 0) is 25.2 Å². The Hall–Kier alpha value is -0.570. The van der Waals surface area contributed by atoms with Gasteiger partial charge in [0.05, 0.1) is 7.11 Å². The van der Waals surface area contributed by atoms with E-state index in [9.17, 15) is 4.79 Å². The third-order valence-corrected chi connectivity index (χ3v) is 2.66. The van der Waals surface area contributed by atoms with Crippen molar-refractivity contribution in [3.05, 3.63) is 0 Å². The Morgan fingerprint density at radius 3 is 2.83 bits per heavy atom. The quantitative estimate of drug-likeness (QED) is 0.646. The van der Waals surface area contributed by atoms with Crippen molar-refractivity contribution in [2.45, 2.75) is 38.1 Å². The maximum atomic E-state index is 10.8. The van der Waals surface area contributed by atoms with E-state index in [0.717, 1.165) is 12.8 Å². The lowest BCUT2D eigenvalue weighted by atomic mass is 9.98. The van der Waals surface area contributed by atoms with Gasteiger partial charge < -0.3 is 10.5 Å². The van der Waals surface area contributed by atoms with E-state index >= 15 is 0 Å². The molecule has 0 amide bonds. The molecule has 0 heterocycles. The Kier molecular flexibility index (Phi) is 3.53. The molecule has 1 aliphatic rings. The summed E-state index contributed by atoms with van der Waals surface area (Å²) in [6.07, 6.45) is 4.93. The number of nitrogens with two attached hydrogens (primary N) is 1. The summed E-state index contributed by atoms with van der Waals surface area (Å²) < 4.78 is 4.57. The second-order valence-corrected chi connectivity index (χ2v) is 3.47. The molecule has 2 atom stereocenters. The molecule has 1 saturated carbocycles. The van der Waals surface area contributed by atoms with Gasteiger partial charge >= 0.3 is 5.97 Å². The van der Waals surface area contributed by atoms with Crippen molar-refractivity contribution < 1.29 is 9.53 Å². The number of rotatable bonds is 3. The summed E-state index contributed by atoms with van der Waals surface area (Å²) in [4.78, 5) is 10.8. The standard InChI is InChI=1S/C9H17NO2/c1-12-9(11)6-5-7-3-2-4-8(7)10/h7-8H,2-6,10H2,1H3. The highest BCUT2D eigenvalue weighted by atomic mass is 16.5. The predicted octanol–water partition coefficient (Wildman–Crippen LogP) is 1.07. The number of hydrogen-bond acceptors (Lipinski definition) is 3. The molecule has 2 N–H and O–H groups in total. The van der Waals surface area contributed by atoms with Crippen molar-refractivity contribution in [2.75, 3.05) is 7.11 Å². The lowest BCUT2D eigenvalue weighted by Gasteiger charge is -2.13. The molecule has 0 bridgehead atoms. The summed E-state index contributed by atoms with van der Waals surface area (Å²) in [7, 11) is 1.43. The summed E-state index contributed by atoms with van der Waals surface area (Å²) in [6.45, 7) is 0. The first-order chi connectivity index (χ1) is 5.74. The number of methoxy groups -OCH3 is 1. The van der Waals surface area contributed by atoms with Gasteiger partial charge in [0.1, 0.15) is 0 Å². The first kappa shape index (κ1) is 9.52. The summed E-state index contributed by atoms with van der Waals surface area (Å²) in [5, 5.41) is 0. The van der Waals surface area contributed by atoms with E-state index in [4.69, 9.17) is 5.73 Å². The largest absolute Gasteiger partial charge is 0.469 e. The third kappa shape index (κ3) is 2.48. The average molecular weight is 171 g/mol. The molecule has 0 saturated heterocycles. The van der Waals surface area contributed by atoms with Gasteiger partial charge in [-0.25, -0.2) is 0 Å². The highest BCUT2D eigenvalue weighted by Gasteiger charge is 2.24. The predicted molar refractivity (Wildman–Crippen MR) is 46.6 cm³/mol. The van der Waals surface area contributed by atoms with Crippen molar-refractivity contribution in [3.63, 3.8) is 0 Å². The molecule has 1 fully saturated rings. The molecule has 70 valence electrons. The van der Waals surface area contributed by atoms with Gasteiger partial charge in [0, 0.05) is 12.5 Å². The van der Waals surface area contributed by atoms with Crippen LogP contribution in [0.2, 0.25) is 0 Å². The molecule has 0 aromatic carbocycles. The first-order valence-corrected chi connectivity index (χ1v) is 4.56. The van der Waals surface area contributed by atoms with Crippen molar-refractivity contribution in [3.8, 4) is 0 Å². The van der Waals surface area contributed by atoms with Crippen LogP contribution in [0.4, 0.5) is 0 Å². The SMILES string of the molecule is COC(=O)CCC1CCCC1N. The molecule has 0 aromatic heterocycles. The molecular weight excluding hydrogens is 154 g/mol. The maximum absolute atomic E-state index is 10.8. The van der Waals surface area contributed by atoms with Gasteiger partial charge in [-0.1, -0.05) is 6.42 Å². The van der Waals surface area contributed by atoms with Gasteiger partial charge in [0.25, 0.3) is 0 Å². The molecule has 0 spiro atoms. The van der Waals surface area contributed by atoms with E-state index in [0.29, 0.717) is 18.4 Å². The molecule has 1 rings (SSSR count). The number of ether oxygens (including phenoxy) is 1. The Morgan fingerprint density at radius 1 is 1.58 bits per heavy atom. The summed E-state index contributed by atoms with van der Waals surface area (Å²) in [6, 6.07) is 0.314. The van der Waals surface area contributed by atoms with Crippen molar-refractivity contribution in [1.82, 2.24) is 0 Å². The monoisotopic (exact) mass is 171 g/mol. The minimum Gasteiger partial charge on any atom is -0.469 e. The molecule has 0 aliphatic heterocycles. The zero-order valence-electron chi connectivity index (χ0n) is 7.58. The fraction of sp³-hybridized carbons (Fsp3) is 0.889. The average Bonchev–Trinajstić information content (AvgIpc) is 2.47. The Bertz CT molecular complexity index is 159. The van der Waals surface area contributed by atoms with E-state index in [1.807, 2.05) is 0 Å². The van der Waals surface area contributed by atoms with Crippen LogP contribution < -0.4 is 5.73 Å². The number of carbonyl (C=O) groups is 1. The second kappa shape index (κ2) is 4.45. The number of carbonyl (C=O) groups excluding carboxylic acids is 1. The smallest absolute Gasteiger partial charge is 0.305 e. The molecular formula is C9H17NO2. The second-order valence-electron chi connectivity index (χ2n) is 3.47. The molecule has 2 unspecified atom stereocenters. The summed E-state index contributed by atoms with van der Waals surface area (Å²) in [5.74, 6) is 0.429. The van der Waals surface area contributed by atoms with Gasteiger partial charge in [0.15, 0.2) is 0 Å². The fourth-order valence-electron chi connectivity index (χ4n) is 1.83. The van der Waals surface area contributed by atoms with Gasteiger partial charge in [-0.15, -0.1) is 0 Å². The van der Waals surface area contributed by atoms with Crippen LogP contribution in [0.25, 0.3) is 0 Å². The van der Waals surface area contributed by atoms with E-state index in [-0.39, 0.29) is 5.97 Å². The van der Waals surface area contributed by atoms with Crippen LogP contribution in [0.15, 0.2) is 0 Å². The topological polar surface area (TPSA) is 52.3 Å². The van der Waals surface area contributed by atoms with Gasteiger partial charge in [-0.2, -0.15) is 0 Å². The van der Waals surface area contributed by atoms with Crippen molar-refractivity contribution in [1.29, 1.82) is 0 Å². The van der Waals surface area contributed by atoms with Gasteiger partial charge in [-0.3, -0.25) is 4.79 Å². The van der Waals surface area contributed by atoms with Crippen molar-refractivity contribution in [2.24, 2.45) is 11.7 Å². The normalized spacial score (nSPS) is 28.8. The van der Waals surface area contributed by atoms with E-state index in [1.54, 1.807) is 0 Å². The van der Waals surface area contributed by atoms with Crippen LogP contribution in [-0.4, -0.2) is 19.1 Å². The zero-order chi connectivity index (χ0) is 8.97. The van der Waals surface area contributed by atoms with Crippen LogP contribution in [0.3, 0.4) is 0 Å². The van der Waals surface area contributed by atoms with Crippen LogP contribution in [-0.2, 0) is 9.53 Å². The fourth-order valence-corrected chi connectivity index (χ4v) is 1.83. The molecule has 3 nitrogen and oxygen atoms in total. The number of hydrogen-bond donors (Lipinski definition) is 1. The molecule has 0 aromatic rings. The van der Waals surface area contributed by atoms with E-state index < -0.39 is 0 Å². The van der Waals surface area contributed by atoms with E-state index in [1.165, 1.54) is 20.0 Å². The third-order valence-electron chi connectivity index (χ3n) is 2.66. The molecule has 0 radical (unpaired) electrons. The van der Waals surface area contributed by atoms with E-state index in [2.05, 4.69) is 4.74 Å².